The third kappa shape index (κ3) is 29.7. The van der Waals surface area contributed by atoms with E-state index < -0.39 is 200 Å². The molecule has 5 aromatic rings. The Labute approximate surface area is 831 Å². The lowest BCUT2D eigenvalue weighted by Crippen LogP contribution is -2.64. The van der Waals surface area contributed by atoms with E-state index in [0.29, 0.717) is 59.0 Å². The molecule has 5 fully saturated rings. The number of nitrogens with one attached hydrogen (secondary N) is 10. The van der Waals surface area contributed by atoms with E-state index in [1.165, 1.54) is 33.1 Å². The van der Waals surface area contributed by atoms with E-state index in [0.717, 1.165) is 77.6 Å². The van der Waals surface area contributed by atoms with Crippen molar-refractivity contribution in [2.45, 2.75) is 281 Å². The third-order valence-corrected chi connectivity index (χ3v) is 32.5. The molecule has 794 valence electrons. The van der Waals surface area contributed by atoms with Crippen molar-refractivity contribution < 1.29 is 134 Å². The summed E-state index contributed by atoms with van der Waals surface area (Å²) in [6.07, 6.45) is -8.02. The minimum Gasteiger partial charge on any atom is -0.337 e. The van der Waals surface area contributed by atoms with Crippen LogP contribution in [0.3, 0.4) is 0 Å². The summed E-state index contributed by atoms with van der Waals surface area (Å²) in [5.74, 6) is -5.15. The molecule has 5 heterocycles. The summed E-state index contributed by atoms with van der Waals surface area (Å²) in [6.45, 7) is 31.2. The first-order valence-electron chi connectivity index (χ1n) is 46.1. The van der Waals surface area contributed by atoms with E-state index in [2.05, 4.69) is 37.4 Å². The minimum absolute atomic E-state index is 0.0442. The van der Waals surface area contributed by atoms with Gasteiger partial charge in [0.15, 0.2) is 26.2 Å². The Balaban J connectivity index is 0.000000219. The van der Waals surface area contributed by atoms with Gasteiger partial charge < -0.3 is 51.1 Å². The summed E-state index contributed by atoms with van der Waals surface area (Å²) in [5, 5.41) is 5.73. The molecule has 0 spiro atoms. The number of urea groups is 5. The van der Waals surface area contributed by atoms with E-state index in [-0.39, 0.29) is 78.2 Å². The second-order valence-electron chi connectivity index (χ2n) is 38.6. The number of hydrogen-bond donors (Lipinski definition) is 10. The van der Waals surface area contributed by atoms with Crippen LogP contribution in [0.15, 0.2) is 66.7 Å². The van der Waals surface area contributed by atoms with Crippen LogP contribution in [0, 0.1) is 5.82 Å². The Morgan fingerprint density at radius 3 is 0.748 bits per heavy atom. The summed E-state index contributed by atoms with van der Waals surface area (Å²) in [5.41, 5.74) is 13.1. The Kier molecular flexibility index (Phi) is 38.0. The molecule has 0 aromatic heterocycles. The Morgan fingerprint density at radius 2 is 0.538 bits per heavy atom. The smallest absolute Gasteiger partial charge is 0.337 e. The highest BCUT2D eigenvalue weighted by molar-refractivity contribution is 7.92. The number of nitrogens with zero attached hydrogens (tertiary/aromatic N) is 5. The number of carbonyl (C=O) groups is 10. The van der Waals surface area contributed by atoms with Gasteiger partial charge in [0.1, 0.15) is 25.5 Å². The SMILES string of the molecule is CC(C)N1CC(S(=O)(=O)NC(=O)Nc2c3c(cc4c2CCC4)CCC3)C1=O.CC(C)c1cc(Cl)cc(C(C)C)c1NC(=O)NS(=O)(=O)C1CN(CC(F)(F)F)C1=O.CC(C)c1cc(F)cc(C(C)C)c1NC(=O)NS(=O)(=O)C1CN(CC(F)(F)F)C1=O.CC(C)c1cccc(C(C)C)c1NC(=O)NS(=O)(=O)C1CN(C(C)C)C1=O.CC(C)c1cccc(C(C)C)c1NC(=O)NS(=O)(=O)C1CN(CC(F)(F)F)C1=O. The predicted octanol–water partition coefficient (Wildman–Crippen LogP) is 15.0. The summed E-state index contributed by atoms with van der Waals surface area (Å²) in [4.78, 5) is 125. The molecule has 10 N–H and O–H groups in total. The number of halogens is 11. The number of likely N-dealkylation sites (tertiary alicyclic amines) is 5. The number of aryl methyl sites for hydroxylation is 2. The molecule has 51 heteroatoms. The van der Waals surface area contributed by atoms with Gasteiger partial charge in [-0.05, 0) is 205 Å². The number of β-lactam (4-membered cyclic amide) rings is 5. The van der Waals surface area contributed by atoms with Crippen LogP contribution in [-0.4, -0.2) is 236 Å². The Bertz CT molecular complexity index is 5990. The first kappa shape index (κ1) is 117. The number of rotatable bonds is 28. The lowest BCUT2D eigenvalue weighted by molar-refractivity contribution is -0.169. The Morgan fingerprint density at radius 1 is 0.322 bits per heavy atom. The predicted molar refractivity (Wildman–Crippen MR) is 520 cm³/mol. The molecule has 0 radical (unpaired) electrons. The molecule has 15 amide bonds. The first-order valence-corrected chi connectivity index (χ1v) is 54.2. The standard InChI is InChI=1S/C19H25N3O4S.C19H29N3O4S.C18H23ClF3N3O4S.C18H23F4N3O4S.C18H24F3N3O4S/c1-11(2)22-10-16(18(22)23)27(25,26)21-19(24)20-17-14-7-3-5-12(14)9-13-6-4-8-15(13)17;1-11(2)14-8-7-9-15(12(3)4)17(14)20-19(24)21-27(25,26)16-10-22(13(5)6)18(16)23;2*1-9(2)12-5-11(19)6-13(10(3)4)15(12)23-17(27)24-30(28,29)14-7-25(16(14)26)8-18(20,21)22;1-10(2)12-6-5-7-13(11(3)4)15(12)22-17(26)23-29(27,28)14-8-24(16(14)25)9-18(19,20)21/h9,11,16H,3-8,10H2,1-2H3,(H2,20,21,24);7-9,11-13,16H,10H2,1-6H3,(H2,20,21,24);2*5-6,9-10,14H,7-8H2,1-4H3,(H2,23,24,27);5-7,10-11,14H,8-9H2,1-4H3,(H2,22,23,26). The van der Waals surface area contributed by atoms with E-state index in [1.807, 2.05) is 152 Å². The minimum atomic E-state index is -4.65. The second kappa shape index (κ2) is 46.3. The monoisotopic (exact) mass is 2140 g/mol. The molecule has 5 aromatic carbocycles. The summed E-state index contributed by atoms with van der Waals surface area (Å²) in [7, 11) is -21.6. The van der Waals surface area contributed by atoms with E-state index in [4.69, 9.17) is 11.6 Å². The lowest BCUT2D eigenvalue weighted by atomic mass is 9.92. The number of benzene rings is 5. The number of carbonyl (C=O) groups excluding carboxylic acids is 10. The number of para-hydroxylation sites is 2. The molecule has 12 rings (SSSR count). The fraction of sp³-hybridized carbons (Fsp3) is 0.565. The lowest BCUT2D eigenvalue weighted by Gasteiger charge is -2.40. The van der Waals surface area contributed by atoms with Gasteiger partial charge in [0, 0.05) is 78.3 Å². The summed E-state index contributed by atoms with van der Waals surface area (Å²) >= 11 is 6.15. The van der Waals surface area contributed by atoms with Gasteiger partial charge in [-0.25, -0.2) is 94.1 Å². The summed E-state index contributed by atoms with van der Waals surface area (Å²) in [6, 6.07) is 14.1. The highest BCUT2D eigenvalue weighted by Gasteiger charge is 2.55. The molecule has 0 bridgehead atoms. The zero-order chi connectivity index (χ0) is 108. The highest BCUT2D eigenvalue weighted by Crippen LogP contribution is 2.43. The van der Waals surface area contributed by atoms with Crippen LogP contribution < -0.4 is 50.2 Å². The average molecular weight is 2150 g/mol. The number of anilines is 5. The van der Waals surface area contributed by atoms with Crippen molar-refractivity contribution in [3.05, 3.63) is 144 Å². The van der Waals surface area contributed by atoms with Crippen LogP contribution in [0.2, 0.25) is 5.02 Å². The van der Waals surface area contributed by atoms with Crippen LogP contribution in [0.5, 0.6) is 0 Å². The second-order valence-corrected chi connectivity index (χ2v) is 48.4. The molecule has 5 atom stereocenters. The van der Waals surface area contributed by atoms with Gasteiger partial charge in [-0.3, -0.25) is 24.0 Å². The molecule has 143 heavy (non-hydrogen) atoms. The highest BCUT2D eigenvalue weighted by atomic mass is 35.5. The third-order valence-electron chi connectivity index (χ3n) is 24.4. The maximum atomic E-state index is 13.9. The number of hydrogen-bond acceptors (Lipinski definition) is 20. The quantitative estimate of drug-likeness (QED) is 0.0164. The van der Waals surface area contributed by atoms with Crippen molar-refractivity contribution in [2.24, 2.45) is 0 Å². The largest absolute Gasteiger partial charge is 0.406 e. The number of amides is 15. The fourth-order valence-corrected chi connectivity index (χ4v) is 23.2. The Hall–Kier alpha value is -10.9. The van der Waals surface area contributed by atoms with Gasteiger partial charge in [-0.15, -0.1) is 0 Å². The van der Waals surface area contributed by atoms with E-state index in [9.17, 15) is 134 Å². The zero-order valence-electron chi connectivity index (χ0n) is 82.5. The van der Waals surface area contributed by atoms with Crippen LogP contribution >= 0.6 is 11.6 Å². The maximum Gasteiger partial charge on any atom is 0.406 e. The molecule has 0 saturated carbocycles. The van der Waals surface area contributed by atoms with Crippen molar-refractivity contribution in [1.82, 2.24) is 48.1 Å². The number of fused-ring (bicyclic) bond motifs is 2. The molecule has 5 saturated heterocycles. The van der Waals surface area contributed by atoms with Gasteiger partial charge >= 0.3 is 48.7 Å². The molecule has 2 aliphatic carbocycles. The molecular formula is C92H124ClF10N15O20S5. The van der Waals surface area contributed by atoms with Gasteiger partial charge in [-0.1, -0.05) is 165 Å². The average Bonchev–Trinajstić information content (AvgIpc) is 1.68. The topological polar surface area (TPSA) is 478 Å². The van der Waals surface area contributed by atoms with Crippen LogP contribution in [0.1, 0.15) is 265 Å². The van der Waals surface area contributed by atoms with Crippen LogP contribution in [0.4, 0.5) is 96.3 Å². The van der Waals surface area contributed by atoms with Gasteiger partial charge in [-0.2, -0.15) is 39.5 Å². The van der Waals surface area contributed by atoms with Crippen molar-refractivity contribution in [2.75, 3.05) is 78.9 Å². The maximum absolute atomic E-state index is 13.9. The van der Waals surface area contributed by atoms with Gasteiger partial charge in [0.05, 0.1) is 0 Å². The van der Waals surface area contributed by atoms with Gasteiger partial charge in [0.25, 0.3) is 0 Å². The molecule has 5 unspecified atom stereocenters. The van der Waals surface area contributed by atoms with Crippen molar-refractivity contribution in [3.8, 4) is 0 Å². The van der Waals surface area contributed by atoms with E-state index >= 15 is 0 Å². The summed E-state index contributed by atoms with van der Waals surface area (Å²) < 4.78 is 258. The molecule has 35 nitrogen and oxygen atoms in total. The fourth-order valence-electron chi connectivity index (χ4n) is 16.8. The molecular weight excluding hydrogens is 2020 g/mol. The van der Waals surface area contributed by atoms with Crippen molar-refractivity contribution in [1.29, 1.82) is 0 Å². The molecule has 5 aliphatic heterocycles. The first-order chi connectivity index (χ1) is 65.7. The van der Waals surface area contributed by atoms with Gasteiger partial charge in [0.2, 0.25) is 79.7 Å². The molecule has 7 aliphatic rings. The number of sulfonamides is 5. The van der Waals surface area contributed by atoms with Crippen molar-refractivity contribution in [3.63, 3.8) is 0 Å². The number of alkyl halides is 9. The van der Waals surface area contributed by atoms with Crippen molar-refractivity contribution >= 4 is 150 Å². The normalized spacial score (nSPS) is 18.1. The van der Waals surface area contributed by atoms with E-state index in [1.54, 1.807) is 54.0 Å². The zero-order valence-corrected chi connectivity index (χ0v) is 87.3. The van der Waals surface area contributed by atoms with Crippen LogP contribution in [-0.2, 0) is 99.8 Å². The van der Waals surface area contributed by atoms with Crippen LogP contribution in [0.25, 0.3) is 0 Å².